The number of benzene rings is 4. The molecule has 1 aromatic heterocycles. The molecule has 2 N–H and O–H groups in total. The van der Waals surface area contributed by atoms with Gasteiger partial charge in [-0.1, -0.05) is 72.3 Å². The number of hydrogen-bond acceptors (Lipinski definition) is 6. The van der Waals surface area contributed by atoms with Crippen LogP contribution in [0, 0.1) is 5.82 Å². The van der Waals surface area contributed by atoms with Crippen LogP contribution < -0.4 is 10.6 Å². The summed E-state index contributed by atoms with van der Waals surface area (Å²) < 4.78 is 16.8. The highest BCUT2D eigenvalue weighted by Gasteiger charge is 2.22. The molecule has 4 aromatic carbocycles. The van der Waals surface area contributed by atoms with Crippen LogP contribution in [-0.2, 0) is 22.6 Å². The van der Waals surface area contributed by atoms with Gasteiger partial charge in [0.2, 0.25) is 11.8 Å². The van der Waals surface area contributed by atoms with Crippen molar-refractivity contribution in [2.75, 3.05) is 19.4 Å². The maximum absolute atomic E-state index is 15.4. The zero-order chi connectivity index (χ0) is 31.8. The molecule has 11 heteroatoms. The van der Waals surface area contributed by atoms with Crippen LogP contribution in [0.15, 0.2) is 103 Å². The van der Waals surface area contributed by atoms with Gasteiger partial charge in [-0.25, -0.2) is 4.39 Å². The van der Waals surface area contributed by atoms with Crippen LogP contribution in [0.25, 0.3) is 22.9 Å². The second-order valence-electron chi connectivity index (χ2n) is 10.6. The first-order chi connectivity index (χ1) is 21.8. The van der Waals surface area contributed by atoms with E-state index >= 15 is 4.39 Å². The zero-order valence-electron chi connectivity index (χ0n) is 24.7. The number of halogens is 2. The van der Waals surface area contributed by atoms with Crippen molar-refractivity contribution >= 4 is 35.2 Å². The summed E-state index contributed by atoms with van der Waals surface area (Å²) in [5.41, 5.74) is 4.70. The molecular weight excluding hydrogens is 593 g/mol. The first kappa shape index (κ1) is 31.2. The fourth-order valence-corrected chi connectivity index (χ4v) is 5.05. The average Bonchev–Trinajstić information content (AvgIpc) is 3.56. The smallest absolute Gasteiger partial charge is 0.247 e. The van der Waals surface area contributed by atoms with E-state index in [1.807, 2.05) is 73.6 Å². The van der Waals surface area contributed by atoms with Crippen molar-refractivity contribution in [3.05, 3.63) is 131 Å². The van der Waals surface area contributed by atoms with E-state index in [2.05, 4.69) is 26.2 Å². The number of tetrazole rings is 1. The number of aromatic nitrogens is 4. The van der Waals surface area contributed by atoms with Crippen LogP contribution in [0.2, 0.25) is 5.02 Å². The van der Waals surface area contributed by atoms with E-state index in [1.54, 1.807) is 30.3 Å². The van der Waals surface area contributed by atoms with Crippen molar-refractivity contribution in [1.82, 2.24) is 30.4 Å². The predicted octanol–water partition coefficient (Wildman–Crippen LogP) is 5.56. The molecule has 0 saturated heterocycles. The second kappa shape index (κ2) is 14.5. The molecule has 1 heterocycles. The zero-order valence-corrected chi connectivity index (χ0v) is 25.4. The standard InChI is InChI=1S/C34H31ClFN7O2/c1-42(2)21-26-10-6-7-11-28(26)24-12-15-30(29(36)20-24)39-34(45)31(18-23-8-4-3-5-9-23)38-33(44)17-13-25-19-27(35)14-16-32(25)43-22-37-40-41-43/h3-17,19-20,22,31H,18,21H2,1-2H3,(H,38,44)(H,39,45)/b17-13+. The van der Waals surface area contributed by atoms with E-state index in [4.69, 9.17) is 11.6 Å². The van der Waals surface area contributed by atoms with Gasteiger partial charge in [0.1, 0.15) is 18.2 Å². The summed E-state index contributed by atoms with van der Waals surface area (Å²) in [5, 5.41) is 17.1. The molecule has 45 heavy (non-hydrogen) atoms. The maximum Gasteiger partial charge on any atom is 0.247 e. The van der Waals surface area contributed by atoms with Gasteiger partial charge in [-0.2, -0.15) is 4.68 Å². The topological polar surface area (TPSA) is 105 Å². The lowest BCUT2D eigenvalue weighted by atomic mass is 9.99. The highest BCUT2D eigenvalue weighted by Crippen LogP contribution is 2.28. The lowest BCUT2D eigenvalue weighted by Gasteiger charge is -2.19. The molecule has 0 aliphatic carbocycles. The Morgan fingerprint density at radius 2 is 1.78 bits per heavy atom. The number of nitrogens with one attached hydrogen (secondary N) is 2. The Labute approximate surface area is 265 Å². The lowest BCUT2D eigenvalue weighted by molar-refractivity contribution is -0.123. The Kier molecular flexibility index (Phi) is 10.1. The van der Waals surface area contributed by atoms with Gasteiger partial charge in [-0.3, -0.25) is 9.59 Å². The van der Waals surface area contributed by atoms with E-state index in [1.165, 1.54) is 29.2 Å². The highest BCUT2D eigenvalue weighted by atomic mass is 35.5. The van der Waals surface area contributed by atoms with Gasteiger partial charge in [0.15, 0.2) is 0 Å². The molecule has 0 aliphatic rings. The summed E-state index contributed by atoms with van der Waals surface area (Å²) in [6.45, 7) is 0.696. The number of carbonyl (C=O) groups is 2. The molecule has 0 saturated carbocycles. The molecule has 9 nitrogen and oxygen atoms in total. The number of rotatable bonds is 11. The van der Waals surface area contributed by atoms with E-state index < -0.39 is 23.7 Å². The maximum atomic E-state index is 15.4. The highest BCUT2D eigenvalue weighted by molar-refractivity contribution is 6.30. The van der Waals surface area contributed by atoms with Crippen LogP contribution in [0.1, 0.15) is 16.7 Å². The van der Waals surface area contributed by atoms with Crippen LogP contribution in [-0.4, -0.2) is 57.1 Å². The summed E-state index contributed by atoms with van der Waals surface area (Å²) in [4.78, 5) is 28.6. The largest absolute Gasteiger partial charge is 0.340 e. The Balaban J connectivity index is 1.35. The van der Waals surface area contributed by atoms with Crippen molar-refractivity contribution in [3.8, 4) is 16.8 Å². The summed E-state index contributed by atoms with van der Waals surface area (Å²) in [6, 6.07) is 25.9. The van der Waals surface area contributed by atoms with Crippen LogP contribution >= 0.6 is 11.6 Å². The molecule has 1 unspecified atom stereocenters. The average molecular weight is 624 g/mol. The fourth-order valence-electron chi connectivity index (χ4n) is 4.87. The minimum atomic E-state index is -0.997. The van der Waals surface area contributed by atoms with Crippen molar-refractivity contribution in [3.63, 3.8) is 0 Å². The van der Waals surface area contributed by atoms with Crippen molar-refractivity contribution in [1.29, 1.82) is 0 Å². The molecule has 0 aliphatic heterocycles. The molecule has 0 bridgehead atoms. The van der Waals surface area contributed by atoms with Crippen LogP contribution in [0.3, 0.4) is 0 Å². The first-order valence-electron chi connectivity index (χ1n) is 14.2. The van der Waals surface area contributed by atoms with Gasteiger partial charge in [-0.15, -0.1) is 5.10 Å². The van der Waals surface area contributed by atoms with Gasteiger partial charge in [0.05, 0.1) is 11.4 Å². The predicted molar refractivity (Wildman–Crippen MR) is 173 cm³/mol. The molecule has 0 radical (unpaired) electrons. The molecule has 5 rings (SSSR count). The number of nitrogens with zero attached hydrogens (tertiary/aromatic N) is 5. The van der Waals surface area contributed by atoms with Gasteiger partial charge in [0, 0.05) is 29.6 Å². The summed E-state index contributed by atoms with van der Waals surface area (Å²) in [5.74, 6) is -1.67. The summed E-state index contributed by atoms with van der Waals surface area (Å²) in [7, 11) is 3.95. The third kappa shape index (κ3) is 8.26. The van der Waals surface area contributed by atoms with E-state index in [9.17, 15) is 9.59 Å². The monoisotopic (exact) mass is 623 g/mol. The SMILES string of the molecule is CN(C)Cc1ccccc1-c1ccc(NC(=O)C(Cc2ccccc2)NC(=O)/C=C/c2cc(Cl)ccc2-n2cnnn2)c(F)c1. The van der Waals surface area contributed by atoms with Crippen molar-refractivity contribution < 1.29 is 14.0 Å². The molecule has 228 valence electrons. The van der Waals surface area contributed by atoms with Gasteiger partial charge < -0.3 is 15.5 Å². The van der Waals surface area contributed by atoms with Gasteiger partial charge in [0.25, 0.3) is 0 Å². The van der Waals surface area contributed by atoms with Crippen molar-refractivity contribution in [2.24, 2.45) is 0 Å². The molecule has 0 spiro atoms. The minimum Gasteiger partial charge on any atom is -0.340 e. The van der Waals surface area contributed by atoms with Gasteiger partial charge >= 0.3 is 0 Å². The van der Waals surface area contributed by atoms with Crippen molar-refractivity contribution in [2.45, 2.75) is 19.0 Å². The Hall–Kier alpha value is -5.19. The van der Waals surface area contributed by atoms with E-state index in [0.29, 0.717) is 28.4 Å². The van der Waals surface area contributed by atoms with Gasteiger partial charge in [-0.05, 0) is 83.2 Å². The minimum absolute atomic E-state index is 0.0155. The molecule has 5 aromatic rings. The number of hydrogen-bond donors (Lipinski definition) is 2. The Morgan fingerprint density at radius 1 is 1.00 bits per heavy atom. The fraction of sp³-hybridized carbons (Fsp3) is 0.147. The van der Waals surface area contributed by atoms with E-state index in [0.717, 1.165) is 16.7 Å². The normalized spacial score (nSPS) is 11.9. The third-order valence-corrected chi connectivity index (χ3v) is 7.19. The molecule has 0 fully saturated rings. The number of carbonyl (C=O) groups excluding carboxylic acids is 2. The Bertz CT molecular complexity index is 1810. The number of amides is 2. The second-order valence-corrected chi connectivity index (χ2v) is 11.1. The molecular formula is C34H31ClFN7O2. The Morgan fingerprint density at radius 3 is 2.51 bits per heavy atom. The van der Waals surface area contributed by atoms with Crippen LogP contribution in [0.4, 0.5) is 10.1 Å². The third-order valence-electron chi connectivity index (χ3n) is 6.96. The lowest BCUT2D eigenvalue weighted by Crippen LogP contribution is -2.44. The quantitative estimate of drug-likeness (QED) is 0.187. The summed E-state index contributed by atoms with van der Waals surface area (Å²) >= 11 is 6.19. The molecule has 2 amide bonds. The number of anilines is 1. The van der Waals surface area contributed by atoms with Crippen LogP contribution in [0.5, 0.6) is 0 Å². The first-order valence-corrected chi connectivity index (χ1v) is 14.5. The summed E-state index contributed by atoms with van der Waals surface area (Å²) in [6.07, 6.45) is 4.47. The molecule has 1 atom stereocenters. The van der Waals surface area contributed by atoms with E-state index in [-0.39, 0.29) is 12.1 Å².